The van der Waals surface area contributed by atoms with Crippen LogP contribution in [0.15, 0.2) is 65.1 Å². The molecule has 0 saturated heterocycles. The third-order valence-corrected chi connectivity index (χ3v) is 7.86. The number of carbonyl (C=O) groups excluding carboxylic acids is 3. The highest BCUT2D eigenvalue weighted by Crippen LogP contribution is 2.37. The Hall–Kier alpha value is -3.19. The van der Waals surface area contributed by atoms with Gasteiger partial charge in [0.2, 0.25) is 11.8 Å². The lowest BCUT2D eigenvalue weighted by Crippen LogP contribution is -2.52. The molecular formula is C29H30BrN3O3. The Kier molecular flexibility index (Phi) is 7.10. The number of nitrogens with one attached hydrogen (secondary N) is 1. The Morgan fingerprint density at radius 1 is 1.03 bits per heavy atom. The predicted octanol–water partition coefficient (Wildman–Crippen LogP) is 5.43. The lowest BCUT2D eigenvalue weighted by molar-refractivity contribution is -0.139. The summed E-state index contributed by atoms with van der Waals surface area (Å²) in [6, 6.07) is 18.6. The van der Waals surface area contributed by atoms with E-state index in [-0.39, 0.29) is 36.9 Å². The maximum absolute atomic E-state index is 13.8. The zero-order valence-electron chi connectivity index (χ0n) is 20.4. The number of anilines is 1. The van der Waals surface area contributed by atoms with E-state index in [2.05, 4.69) is 21.2 Å². The standard InChI is InChI=1S/C29H30BrN3O3/c1-19(28(35)31-23-9-3-2-4-10-23)32(17-20-13-15-22(30)16-14-20)26(34)18-33-25-12-6-8-21-7-5-11-24(27(21)25)29(33)36/h5-8,11-16,19,23H,2-4,9-10,17-18H2,1H3,(H,31,35)/t19-/m0/s1. The van der Waals surface area contributed by atoms with Crippen LogP contribution in [0.2, 0.25) is 0 Å². The fourth-order valence-corrected chi connectivity index (χ4v) is 5.56. The largest absolute Gasteiger partial charge is 0.352 e. The second kappa shape index (κ2) is 10.4. The van der Waals surface area contributed by atoms with Gasteiger partial charge in [-0.05, 0) is 55.0 Å². The first-order valence-corrected chi connectivity index (χ1v) is 13.4. The maximum atomic E-state index is 13.8. The van der Waals surface area contributed by atoms with Crippen LogP contribution in [-0.4, -0.2) is 41.2 Å². The molecule has 0 unspecified atom stereocenters. The van der Waals surface area contributed by atoms with Crippen molar-refractivity contribution in [1.82, 2.24) is 10.2 Å². The second-order valence-corrected chi connectivity index (χ2v) is 10.7. The first-order valence-electron chi connectivity index (χ1n) is 12.6. The Balaban J connectivity index is 1.39. The van der Waals surface area contributed by atoms with Crippen molar-refractivity contribution < 1.29 is 14.4 Å². The molecule has 1 aliphatic heterocycles. The van der Waals surface area contributed by atoms with Crippen molar-refractivity contribution in [2.45, 2.75) is 57.7 Å². The van der Waals surface area contributed by atoms with Gasteiger partial charge in [0.1, 0.15) is 12.6 Å². The summed E-state index contributed by atoms with van der Waals surface area (Å²) >= 11 is 3.45. The van der Waals surface area contributed by atoms with Gasteiger partial charge in [-0.25, -0.2) is 0 Å². The van der Waals surface area contributed by atoms with Crippen LogP contribution in [0.25, 0.3) is 10.8 Å². The third kappa shape index (κ3) is 4.89. The summed E-state index contributed by atoms with van der Waals surface area (Å²) in [6.07, 6.45) is 5.39. The quantitative estimate of drug-likeness (QED) is 0.428. The van der Waals surface area contributed by atoms with Gasteiger partial charge in [0.25, 0.3) is 5.91 Å². The van der Waals surface area contributed by atoms with Crippen LogP contribution in [0.3, 0.4) is 0 Å². The molecule has 3 amide bonds. The molecule has 1 saturated carbocycles. The maximum Gasteiger partial charge on any atom is 0.259 e. The van der Waals surface area contributed by atoms with E-state index in [1.54, 1.807) is 22.8 Å². The smallest absolute Gasteiger partial charge is 0.259 e. The molecule has 0 aromatic heterocycles. The van der Waals surface area contributed by atoms with Crippen molar-refractivity contribution >= 4 is 50.1 Å². The normalized spacial score (nSPS) is 16.3. The number of nitrogens with zero attached hydrogens (tertiary/aromatic N) is 2. The number of carbonyl (C=O) groups is 3. The first kappa shape index (κ1) is 24.5. The van der Waals surface area contributed by atoms with Crippen LogP contribution >= 0.6 is 15.9 Å². The number of hydrogen-bond acceptors (Lipinski definition) is 3. The van der Waals surface area contributed by atoms with Crippen LogP contribution < -0.4 is 10.2 Å². The van der Waals surface area contributed by atoms with Crippen molar-refractivity contribution in [2.24, 2.45) is 0 Å². The average Bonchev–Trinajstić information content (AvgIpc) is 3.16. The van der Waals surface area contributed by atoms with Crippen molar-refractivity contribution in [3.63, 3.8) is 0 Å². The summed E-state index contributed by atoms with van der Waals surface area (Å²) in [7, 11) is 0. The van der Waals surface area contributed by atoms with Gasteiger partial charge in [0.05, 0.1) is 5.69 Å². The first-order chi connectivity index (χ1) is 17.4. The molecule has 2 aliphatic rings. The van der Waals surface area contributed by atoms with Gasteiger partial charge in [-0.15, -0.1) is 0 Å². The monoisotopic (exact) mass is 547 g/mol. The molecule has 1 N–H and O–H groups in total. The molecule has 5 rings (SSSR count). The molecule has 1 fully saturated rings. The van der Waals surface area contributed by atoms with Gasteiger partial charge in [0, 0.05) is 28.0 Å². The summed E-state index contributed by atoms with van der Waals surface area (Å²) in [5, 5.41) is 5.01. The van der Waals surface area contributed by atoms with Crippen molar-refractivity contribution in [3.8, 4) is 0 Å². The van der Waals surface area contributed by atoms with Crippen LogP contribution in [0.1, 0.15) is 54.9 Å². The molecule has 0 bridgehead atoms. The predicted molar refractivity (Wildman–Crippen MR) is 145 cm³/mol. The average molecular weight is 548 g/mol. The molecule has 0 spiro atoms. The van der Waals surface area contributed by atoms with Gasteiger partial charge in [-0.1, -0.05) is 71.6 Å². The zero-order chi connectivity index (χ0) is 25.2. The number of rotatable bonds is 7. The Bertz CT molecular complexity index is 1300. The van der Waals surface area contributed by atoms with E-state index in [0.717, 1.165) is 52.2 Å². The Labute approximate surface area is 219 Å². The molecule has 3 aromatic rings. The lowest BCUT2D eigenvalue weighted by Gasteiger charge is -2.32. The molecular weight excluding hydrogens is 518 g/mol. The van der Waals surface area contributed by atoms with Crippen LogP contribution in [0.4, 0.5) is 5.69 Å². The van der Waals surface area contributed by atoms with Crippen LogP contribution in [0.5, 0.6) is 0 Å². The molecule has 6 nitrogen and oxygen atoms in total. The summed E-state index contributed by atoms with van der Waals surface area (Å²) in [5.74, 6) is -0.592. The number of hydrogen-bond donors (Lipinski definition) is 1. The van der Waals surface area contributed by atoms with E-state index >= 15 is 0 Å². The Morgan fingerprint density at radius 2 is 1.72 bits per heavy atom. The van der Waals surface area contributed by atoms with Crippen LogP contribution in [0, 0.1) is 0 Å². The fraction of sp³-hybridized carbons (Fsp3) is 0.345. The summed E-state index contributed by atoms with van der Waals surface area (Å²) < 4.78 is 0.945. The van der Waals surface area contributed by atoms with Crippen molar-refractivity contribution in [2.75, 3.05) is 11.4 Å². The minimum Gasteiger partial charge on any atom is -0.352 e. The second-order valence-electron chi connectivity index (χ2n) is 9.74. The van der Waals surface area contributed by atoms with E-state index in [9.17, 15) is 14.4 Å². The highest BCUT2D eigenvalue weighted by Gasteiger charge is 2.34. The van der Waals surface area contributed by atoms with Crippen molar-refractivity contribution in [3.05, 3.63) is 76.3 Å². The zero-order valence-corrected chi connectivity index (χ0v) is 22.0. The molecule has 1 aliphatic carbocycles. The SMILES string of the molecule is C[C@@H](C(=O)NC1CCCCC1)N(Cc1ccc(Br)cc1)C(=O)CN1C(=O)c2cccc3cccc1c23. The molecule has 1 atom stereocenters. The van der Waals surface area contributed by atoms with E-state index in [0.29, 0.717) is 5.56 Å². The summed E-state index contributed by atoms with van der Waals surface area (Å²) in [4.78, 5) is 43.4. The van der Waals surface area contributed by atoms with Gasteiger partial charge in [-0.2, -0.15) is 0 Å². The van der Waals surface area contributed by atoms with Crippen molar-refractivity contribution in [1.29, 1.82) is 0 Å². The number of halogens is 1. The highest BCUT2D eigenvalue weighted by molar-refractivity contribution is 9.10. The summed E-state index contributed by atoms with van der Waals surface area (Å²) in [6.45, 7) is 1.94. The molecule has 3 aromatic carbocycles. The number of benzene rings is 3. The fourth-order valence-electron chi connectivity index (χ4n) is 5.30. The minimum atomic E-state index is -0.668. The molecule has 0 radical (unpaired) electrons. The van der Waals surface area contributed by atoms with Gasteiger partial charge in [0.15, 0.2) is 0 Å². The van der Waals surface area contributed by atoms with E-state index in [4.69, 9.17) is 0 Å². The topological polar surface area (TPSA) is 69.7 Å². The molecule has 186 valence electrons. The molecule has 1 heterocycles. The Morgan fingerprint density at radius 3 is 2.44 bits per heavy atom. The van der Waals surface area contributed by atoms with E-state index < -0.39 is 6.04 Å². The minimum absolute atomic E-state index is 0.121. The lowest BCUT2D eigenvalue weighted by atomic mass is 9.95. The van der Waals surface area contributed by atoms with E-state index in [1.165, 1.54) is 6.42 Å². The van der Waals surface area contributed by atoms with Crippen LogP contribution in [-0.2, 0) is 16.1 Å². The summed E-state index contributed by atoms with van der Waals surface area (Å²) in [5.41, 5.74) is 2.27. The number of amides is 3. The third-order valence-electron chi connectivity index (χ3n) is 7.33. The van der Waals surface area contributed by atoms with Gasteiger partial charge < -0.3 is 10.2 Å². The van der Waals surface area contributed by atoms with E-state index in [1.807, 2.05) is 54.6 Å². The molecule has 7 heteroatoms. The molecule has 36 heavy (non-hydrogen) atoms. The van der Waals surface area contributed by atoms with Gasteiger partial charge in [-0.3, -0.25) is 19.3 Å². The van der Waals surface area contributed by atoms with Gasteiger partial charge >= 0.3 is 0 Å². The highest BCUT2D eigenvalue weighted by atomic mass is 79.9.